The van der Waals surface area contributed by atoms with Gasteiger partial charge in [-0.2, -0.15) is 0 Å². The lowest BCUT2D eigenvalue weighted by molar-refractivity contribution is 0.0963. The van der Waals surface area contributed by atoms with Gasteiger partial charge in [-0.3, -0.25) is 9.78 Å². The Morgan fingerprint density at radius 1 is 1.18 bits per heavy atom. The quantitative estimate of drug-likeness (QED) is 0.806. The molecule has 0 aliphatic rings. The van der Waals surface area contributed by atoms with E-state index in [1.807, 2.05) is 30.3 Å². The Bertz CT molecular complexity index is 846. The summed E-state index contributed by atoms with van der Waals surface area (Å²) in [5.74, 6) is 0.251. The van der Waals surface area contributed by atoms with Crippen LogP contribution in [0, 0.1) is 0 Å². The molecule has 0 spiro atoms. The van der Waals surface area contributed by atoms with Crippen molar-refractivity contribution in [2.24, 2.45) is 0 Å². The van der Waals surface area contributed by atoms with Crippen LogP contribution in [-0.4, -0.2) is 30.0 Å². The van der Waals surface area contributed by atoms with Crippen molar-refractivity contribution in [3.8, 4) is 17.1 Å². The summed E-state index contributed by atoms with van der Waals surface area (Å²) >= 11 is 0. The van der Waals surface area contributed by atoms with Gasteiger partial charge in [0.05, 0.1) is 29.4 Å². The maximum absolute atomic E-state index is 12.1. The zero-order valence-corrected chi connectivity index (χ0v) is 12.3. The Labute approximate surface area is 128 Å². The summed E-state index contributed by atoms with van der Waals surface area (Å²) in [6.07, 6.45) is 1.65. The second kappa shape index (κ2) is 5.81. The number of hydrogen-bond acceptors (Lipinski definition) is 4. The highest BCUT2D eigenvalue weighted by atomic mass is 16.5. The van der Waals surface area contributed by atoms with Crippen LogP contribution < -0.4 is 10.1 Å². The van der Waals surface area contributed by atoms with E-state index in [-0.39, 0.29) is 5.91 Å². The number of methoxy groups -OCH3 is 1. The Morgan fingerprint density at radius 2 is 2.00 bits per heavy atom. The minimum Gasteiger partial charge on any atom is -0.480 e. The molecule has 0 aliphatic carbocycles. The summed E-state index contributed by atoms with van der Waals surface area (Å²) in [4.78, 5) is 20.9. The fourth-order valence-electron chi connectivity index (χ4n) is 2.36. The van der Waals surface area contributed by atoms with Crippen molar-refractivity contribution < 1.29 is 9.53 Å². The Balaban J connectivity index is 2.28. The Kier molecular flexibility index (Phi) is 3.70. The number of benzene rings is 1. The smallest absolute Gasteiger partial charge is 0.253 e. The first kappa shape index (κ1) is 14.0. The number of pyridine rings is 2. The van der Waals surface area contributed by atoms with Gasteiger partial charge in [-0.25, -0.2) is 4.98 Å². The Morgan fingerprint density at radius 3 is 2.77 bits per heavy atom. The molecular formula is C17H15N3O2. The molecule has 1 amide bonds. The molecule has 2 heterocycles. The number of carbonyl (C=O) groups excluding carboxylic acids is 1. The number of ether oxygens (including phenoxy) is 1. The van der Waals surface area contributed by atoms with Gasteiger partial charge in [-0.15, -0.1) is 0 Å². The van der Waals surface area contributed by atoms with Gasteiger partial charge in [-0.1, -0.05) is 18.2 Å². The largest absolute Gasteiger partial charge is 0.480 e. The summed E-state index contributed by atoms with van der Waals surface area (Å²) < 4.78 is 5.39. The fourth-order valence-corrected chi connectivity index (χ4v) is 2.36. The van der Waals surface area contributed by atoms with Crippen molar-refractivity contribution in [2.45, 2.75) is 0 Å². The molecule has 3 aromatic rings. The summed E-state index contributed by atoms with van der Waals surface area (Å²) in [5.41, 5.74) is 2.57. The number of aromatic nitrogens is 2. The van der Waals surface area contributed by atoms with Crippen LogP contribution in [-0.2, 0) is 0 Å². The number of fused-ring (bicyclic) bond motifs is 1. The van der Waals surface area contributed by atoms with E-state index in [2.05, 4.69) is 15.3 Å². The number of amides is 1. The zero-order valence-electron chi connectivity index (χ0n) is 12.3. The third-order valence-corrected chi connectivity index (χ3v) is 3.42. The number of rotatable bonds is 3. The predicted octanol–water partition coefficient (Wildman–Crippen LogP) is 2.67. The van der Waals surface area contributed by atoms with Gasteiger partial charge < -0.3 is 10.1 Å². The van der Waals surface area contributed by atoms with Crippen LogP contribution in [0.4, 0.5) is 0 Å². The van der Waals surface area contributed by atoms with E-state index >= 15 is 0 Å². The van der Waals surface area contributed by atoms with Crippen LogP contribution in [0.2, 0.25) is 0 Å². The van der Waals surface area contributed by atoms with E-state index in [1.165, 1.54) is 0 Å². The highest BCUT2D eigenvalue weighted by Gasteiger charge is 2.17. The molecule has 2 aromatic heterocycles. The number of carbonyl (C=O) groups is 1. The highest BCUT2D eigenvalue weighted by Crippen LogP contribution is 2.32. The molecule has 0 atom stereocenters. The van der Waals surface area contributed by atoms with Crippen molar-refractivity contribution in [3.05, 3.63) is 54.2 Å². The molecule has 0 saturated carbocycles. The minimum atomic E-state index is -0.196. The average Bonchev–Trinajstić information content (AvgIpc) is 2.59. The van der Waals surface area contributed by atoms with Gasteiger partial charge >= 0.3 is 0 Å². The van der Waals surface area contributed by atoms with E-state index < -0.39 is 0 Å². The van der Waals surface area contributed by atoms with E-state index in [9.17, 15) is 4.79 Å². The third kappa shape index (κ3) is 2.37. The first-order chi connectivity index (χ1) is 10.7. The fraction of sp³-hybridized carbons (Fsp3) is 0.118. The van der Waals surface area contributed by atoms with Crippen LogP contribution in [0.15, 0.2) is 48.7 Å². The molecule has 0 aliphatic heterocycles. The number of hydrogen-bond donors (Lipinski definition) is 1. The molecule has 0 unspecified atom stereocenters. The van der Waals surface area contributed by atoms with E-state index in [0.29, 0.717) is 22.7 Å². The van der Waals surface area contributed by atoms with Gasteiger partial charge in [-0.05, 0) is 24.3 Å². The van der Waals surface area contributed by atoms with Crippen LogP contribution >= 0.6 is 0 Å². The molecule has 0 radical (unpaired) electrons. The number of nitrogens with zero attached hydrogens (tertiary/aromatic N) is 2. The SMILES string of the molecule is CNC(=O)c1cccnc1-c1cc2ccccc2nc1OC. The van der Waals surface area contributed by atoms with Crippen molar-refractivity contribution >= 4 is 16.8 Å². The molecule has 5 heteroatoms. The minimum absolute atomic E-state index is 0.196. The first-order valence-electron chi connectivity index (χ1n) is 6.86. The third-order valence-electron chi connectivity index (χ3n) is 3.42. The zero-order chi connectivity index (χ0) is 15.5. The normalized spacial score (nSPS) is 10.5. The molecule has 5 nitrogen and oxygen atoms in total. The van der Waals surface area contributed by atoms with Crippen LogP contribution in [0.3, 0.4) is 0 Å². The number of para-hydroxylation sites is 1. The molecule has 22 heavy (non-hydrogen) atoms. The lowest BCUT2D eigenvalue weighted by atomic mass is 10.0. The molecule has 0 fully saturated rings. The monoisotopic (exact) mass is 293 g/mol. The summed E-state index contributed by atoms with van der Waals surface area (Å²) in [7, 11) is 3.15. The summed E-state index contributed by atoms with van der Waals surface area (Å²) in [6.45, 7) is 0. The van der Waals surface area contributed by atoms with Gasteiger partial charge in [0.15, 0.2) is 0 Å². The number of nitrogens with one attached hydrogen (secondary N) is 1. The molecule has 110 valence electrons. The van der Waals surface area contributed by atoms with Crippen molar-refractivity contribution in [1.29, 1.82) is 0 Å². The van der Waals surface area contributed by atoms with Gasteiger partial charge in [0, 0.05) is 18.6 Å². The second-order valence-electron chi connectivity index (χ2n) is 4.72. The van der Waals surface area contributed by atoms with Crippen molar-refractivity contribution in [2.75, 3.05) is 14.2 Å². The lowest BCUT2D eigenvalue weighted by Crippen LogP contribution is -2.19. The highest BCUT2D eigenvalue weighted by molar-refractivity contribution is 6.01. The predicted molar refractivity (Wildman–Crippen MR) is 84.9 cm³/mol. The standard InChI is InChI=1S/C17H15N3O2/c1-18-16(21)12-7-5-9-19-15(12)13-10-11-6-3-4-8-14(11)20-17(13)22-2/h3-10H,1-2H3,(H,18,21). The molecule has 1 N–H and O–H groups in total. The van der Waals surface area contributed by atoms with Crippen LogP contribution in [0.5, 0.6) is 5.88 Å². The summed E-state index contributed by atoms with van der Waals surface area (Å²) in [5, 5.41) is 3.59. The molecule has 3 rings (SSSR count). The van der Waals surface area contributed by atoms with Crippen molar-refractivity contribution in [1.82, 2.24) is 15.3 Å². The first-order valence-corrected chi connectivity index (χ1v) is 6.86. The van der Waals surface area contributed by atoms with Crippen molar-refractivity contribution in [3.63, 3.8) is 0 Å². The van der Waals surface area contributed by atoms with Gasteiger partial charge in [0.25, 0.3) is 5.91 Å². The maximum Gasteiger partial charge on any atom is 0.253 e. The van der Waals surface area contributed by atoms with Gasteiger partial charge in [0.1, 0.15) is 0 Å². The molecule has 0 saturated heterocycles. The molecule has 1 aromatic carbocycles. The topological polar surface area (TPSA) is 64.1 Å². The van der Waals surface area contributed by atoms with E-state index in [1.54, 1.807) is 32.5 Å². The Hall–Kier alpha value is -2.95. The van der Waals surface area contributed by atoms with E-state index in [0.717, 1.165) is 10.9 Å². The molecule has 0 bridgehead atoms. The van der Waals surface area contributed by atoms with Gasteiger partial charge in [0.2, 0.25) is 5.88 Å². The van der Waals surface area contributed by atoms with Crippen LogP contribution in [0.25, 0.3) is 22.2 Å². The summed E-state index contributed by atoms with van der Waals surface area (Å²) in [6, 6.07) is 13.2. The van der Waals surface area contributed by atoms with Crippen LogP contribution in [0.1, 0.15) is 10.4 Å². The molecular weight excluding hydrogens is 278 g/mol. The second-order valence-corrected chi connectivity index (χ2v) is 4.72. The van der Waals surface area contributed by atoms with E-state index in [4.69, 9.17) is 4.74 Å². The maximum atomic E-state index is 12.1. The lowest BCUT2D eigenvalue weighted by Gasteiger charge is -2.11. The average molecular weight is 293 g/mol.